The zero-order chi connectivity index (χ0) is 19.9. The van der Waals surface area contributed by atoms with E-state index in [0.29, 0.717) is 6.61 Å². The number of rotatable bonds is 8. The van der Waals surface area contributed by atoms with E-state index in [4.69, 9.17) is 21.3 Å². The summed E-state index contributed by atoms with van der Waals surface area (Å²) in [5, 5.41) is 0.723. The quantitative estimate of drug-likeness (QED) is 0.306. The molecule has 0 N–H and O–H groups in total. The highest BCUT2D eigenvalue weighted by Gasteiger charge is 2.08. The number of nitrogens with zero attached hydrogens (tertiary/aromatic N) is 2. The third kappa shape index (κ3) is 5.07. The lowest BCUT2D eigenvalue weighted by atomic mass is 10.2. The number of aromatic nitrogens is 2. The van der Waals surface area contributed by atoms with Gasteiger partial charge in [0.05, 0.1) is 17.6 Å². The van der Waals surface area contributed by atoms with Gasteiger partial charge in [-0.1, -0.05) is 60.1 Å². The third-order valence-electron chi connectivity index (χ3n) is 4.77. The van der Waals surface area contributed by atoms with Crippen molar-refractivity contribution in [3.8, 4) is 5.75 Å². The van der Waals surface area contributed by atoms with E-state index < -0.39 is 0 Å². The lowest BCUT2D eigenvalue weighted by Gasteiger charge is -2.09. The molecule has 1 aromatic heterocycles. The van der Waals surface area contributed by atoms with Crippen molar-refractivity contribution >= 4 is 34.8 Å². The number of hydrogen-bond donors (Lipinski definition) is 0. The highest BCUT2D eigenvalue weighted by molar-refractivity contribution is 6.30. The van der Waals surface area contributed by atoms with Crippen molar-refractivity contribution in [3.05, 3.63) is 95.3 Å². The molecule has 0 bridgehead atoms. The van der Waals surface area contributed by atoms with Crippen LogP contribution < -0.4 is 4.74 Å². The van der Waals surface area contributed by atoms with Crippen LogP contribution in [0.5, 0.6) is 5.75 Å². The van der Waals surface area contributed by atoms with E-state index in [1.807, 2.05) is 48.5 Å². The van der Waals surface area contributed by atoms with Crippen molar-refractivity contribution in [1.82, 2.24) is 9.55 Å². The molecule has 29 heavy (non-hydrogen) atoms. The van der Waals surface area contributed by atoms with Gasteiger partial charge in [-0.2, -0.15) is 0 Å². The summed E-state index contributed by atoms with van der Waals surface area (Å²) in [5.41, 5.74) is 3.36. The molecule has 0 saturated carbocycles. The van der Waals surface area contributed by atoms with Crippen LogP contribution in [0.3, 0.4) is 0 Å². The van der Waals surface area contributed by atoms with Crippen LogP contribution in [-0.4, -0.2) is 16.2 Å². The molecule has 0 fully saturated rings. The number of aryl methyl sites for hydroxylation is 1. The largest absolute Gasteiger partial charge is 0.494 e. The van der Waals surface area contributed by atoms with Gasteiger partial charge in [0.2, 0.25) is 0 Å². The maximum absolute atomic E-state index is 5.91. The molecule has 4 heteroatoms. The maximum Gasteiger partial charge on any atom is 0.133 e. The highest BCUT2D eigenvalue weighted by Crippen LogP contribution is 2.20. The lowest BCUT2D eigenvalue weighted by molar-refractivity contribution is 0.303. The Balaban J connectivity index is 1.41. The van der Waals surface area contributed by atoms with Gasteiger partial charge in [-0.3, -0.25) is 0 Å². The Morgan fingerprint density at radius 2 is 1.59 bits per heavy atom. The van der Waals surface area contributed by atoms with E-state index in [0.717, 1.165) is 41.5 Å². The second-order valence-corrected chi connectivity index (χ2v) is 7.30. The molecule has 0 unspecified atom stereocenters. The average Bonchev–Trinajstić information content (AvgIpc) is 3.12. The van der Waals surface area contributed by atoms with Crippen molar-refractivity contribution in [1.29, 1.82) is 0 Å². The molecule has 1 heterocycles. The minimum absolute atomic E-state index is 0.684. The Morgan fingerprint density at radius 1 is 0.828 bits per heavy atom. The molecule has 0 aliphatic heterocycles. The van der Waals surface area contributed by atoms with Gasteiger partial charge in [0.25, 0.3) is 0 Å². The fraction of sp³-hybridized carbons (Fsp3) is 0.160. The van der Waals surface area contributed by atoms with Gasteiger partial charge in [-0.25, -0.2) is 4.98 Å². The van der Waals surface area contributed by atoms with Gasteiger partial charge in [-0.05, 0) is 60.9 Å². The number of ether oxygens (including phenoxy) is 1. The van der Waals surface area contributed by atoms with Crippen LogP contribution in [0.15, 0.2) is 78.9 Å². The highest BCUT2D eigenvalue weighted by atomic mass is 35.5. The predicted octanol–water partition coefficient (Wildman–Crippen LogP) is 6.72. The number of unbranched alkanes of at least 4 members (excludes halogenated alkanes) is 1. The number of benzene rings is 3. The van der Waals surface area contributed by atoms with Crippen LogP contribution in [0, 0.1) is 0 Å². The second-order valence-electron chi connectivity index (χ2n) is 6.86. The lowest BCUT2D eigenvalue weighted by Crippen LogP contribution is -2.04. The van der Waals surface area contributed by atoms with E-state index in [-0.39, 0.29) is 0 Å². The van der Waals surface area contributed by atoms with E-state index >= 15 is 0 Å². The molecule has 0 atom stereocenters. The topological polar surface area (TPSA) is 27.1 Å². The molecule has 0 amide bonds. The zero-order valence-corrected chi connectivity index (χ0v) is 16.9. The average molecular weight is 403 g/mol. The smallest absolute Gasteiger partial charge is 0.133 e. The Morgan fingerprint density at radius 3 is 2.41 bits per heavy atom. The summed E-state index contributed by atoms with van der Waals surface area (Å²) < 4.78 is 8.09. The summed E-state index contributed by atoms with van der Waals surface area (Å²) in [6.45, 7) is 1.59. The SMILES string of the molecule is Clc1ccc(OCCCCn2c(/C=C/c3ccccc3)nc3ccccc32)cc1. The Hall–Kier alpha value is -3.04. The molecule has 4 aromatic rings. The number of halogens is 1. The number of hydrogen-bond acceptors (Lipinski definition) is 2. The summed E-state index contributed by atoms with van der Waals surface area (Å²) in [6, 6.07) is 26.1. The van der Waals surface area contributed by atoms with E-state index in [1.54, 1.807) is 0 Å². The number of para-hydroxylation sites is 2. The number of imidazole rings is 1. The first kappa shape index (κ1) is 19.3. The molecule has 0 saturated heterocycles. The van der Waals surface area contributed by atoms with Crippen LogP contribution in [0.2, 0.25) is 5.02 Å². The fourth-order valence-corrected chi connectivity index (χ4v) is 3.41. The first-order chi connectivity index (χ1) is 14.3. The predicted molar refractivity (Wildman–Crippen MR) is 121 cm³/mol. The molecule has 4 rings (SSSR count). The minimum atomic E-state index is 0.684. The van der Waals surface area contributed by atoms with Crippen molar-refractivity contribution in [3.63, 3.8) is 0 Å². The second kappa shape index (κ2) is 9.44. The zero-order valence-electron chi connectivity index (χ0n) is 16.2. The van der Waals surface area contributed by atoms with Crippen molar-refractivity contribution in [2.24, 2.45) is 0 Å². The molecule has 0 aliphatic carbocycles. The van der Waals surface area contributed by atoms with Crippen molar-refractivity contribution in [2.45, 2.75) is 19.4 Å². The summed E-state index contributed by atoms with van der Waals surface area (Å²) in [7, 11) is 0. The van der Waals surface area contributed by atoms with Crippen LogP contribution >= 0.6 is 11.6 Å². The fourth-order valence-electron chi connectivity index (χ4n) is 3.28. The van der Waals surface area contributed by atoms with Gasteiger partial charge in [-0.15, -0.1) is 0 Å². The summed E-state index contributed by atoms with van der Waals surface area (Å²) in [5.74, 6) is 1.84. The van der Waals surface area contributed by atoms with Crippen LogP contribution in [0.25, 0.3) is 23.2 Å². The Bertz CT molecular complexity index is 1080. The van der Waals surface area contributed by atoms with Crippen molar-refractivity contribution < 1.29 is 4.74 Å². The van der Waals surface area contributed by atoms with Gasteiger partial charge < -0.3 is 9.30 Å². The molecule has 0 radical (unpaired) electrons. The van der Waals surface area contributed by atoms with Crippen LogP contribution in [-0.2, 0) is 6.54 Å². The molecule has 0 spiro atoms. The molecular formula is C25H23ClN2O. The third-order valence-corrected chi connectivity index (χ3v) is 5.02. The maximum atomic E-state index is 5.91. The Kier molecular flexibility index (Phi) is 6.28. The van der Waals surface area contributed by atoms with Gasteiger partial charge >= 0.3 is 0 Å². The normalized spacial score (nSPS) is 11.3. The van der Waals surface area contributed by atoms with Crippen LogP contribution in [0.4, 0.5) is 0 Å². The first-order valence-corrected chi connectivity index (χ1v) is 10.2. The molecular weight excluding hydrogens is 380 g/mol. The molecule has 3 aromatic carbocycles. The van der Waals surface area contributed by atoms with Gasteiger partial charge in [0, 0.05) is 11.6 Å². The van der Waals surface area contributed by atoms with Gasteiger partial charge in [0.1, 0.15) is 11.6 Å². The summed E-state index contributed by atoms with van der Waals surface area (Å²) in [6.07, 6.45) is 6.19. The molecule has 3 nitrogen and oxygen atoms in total. The molecule has 146 valence electrons. The van der Waals surface area contributed by atoms with Crippen molar-refractivity contribution in [2.75, 3.05) is 6.61 Å². The Labute approximate surface area is 176 Å². The van der Waals surface area contributed by atoms with E-state index in [2.05, 4.69) is 47.1 Å². The first-order valence-electron chi connectivity index (χ1n) is 9.86. The minimum Gasteiger partial charge on any atom is -0.494 e. The number of fused-ring (bicyclic) bond motifs is 1. The van der Waals surface area contributed by atoms with E-state index in [1.165, 1.54) is 11.1 Å². The molecule has 0 aliphatic rings. The van der Waals surface area contributed by atoms with Crippen LogP contribution in [0.1, 0.15) is 24.2 Å². The standard InChI is InChI=1S/C25H23ClN2O/c26-21-13-15-22(16-14-21)29-19-7-6-18-28-24-11-5-4-10-23(24)27-25(28)17-12-20-8-2-1-3-9-20/h1-5,8-17H,6-7,18-19H2/b17-12+. The summed E-state index contributed by atoms with van der Waals surface area (Å²) >= 11 is 5.91. The van der Waals surface area contributed by atoms with Gasteiger partial charge in [0.15, 0.2) is 0 Å². The monoisotopic (exact) mass is 402 g/mol. The van der Waals surface area contributed by atoms with E-state index in [9.17, 15) is 0 Å². The summed E-state index contributed by atoms with van der Waals surface area (Å²) in [4.78, 5) is 4.81.